The molecule has 0 N–H and O–H groups in total. The smallest absolute Gasteiger partial charge is 0.144 e. The van der Waals surface area contributed by atoms with Crippen molar-refractivity contribution in [2.45, 2.75) is 6.92 Å². The molecule has 0 spiro atoms. The predicted octanol–water partition coefficient (Wildman–Crippen LogP) is 10.8. The van der Waals surface area contributed by atoms with Gasteiger partial charge in [0.2, 0.25) is 0 Å². The molecule has 41 heavy (non-hydrogen) atoms. The molecular formula is C38H23NO2. The van der Waals surface area contributed by atoms with Gasteiger partial charge >= 0.3 is 0 Å². The van der Waals surface area contributed by atoms with E-state index in [-0.39, 0.29) is 0 Å². The molecule has 3 aromatic heterocycles. The maximum atomic E-state index is 6.90. The summed E-state index contributed by atoms with van der Waals surface area (Å²) in [5.74, 6) is 0. The summed E-state index contributed by atoms with van der Waals surface area (Å²) in [5.41, 5.74) is 8.75. The van der Waals surface area contributed by atoms with Crippen molar-refractivity contribution < 1.29 is 8.83 Å². The molecule has 192 valence electrons. The first-order valence-electron chi connectivity index (χ1n) is 13.9. The fraction of sp³-hybridized carbons (Fsp3) is 0.0263. The number of rotatable bonds is 2. The van der Waals surface area contributed by atoms with Crippen LogP contribution in [0.4, 0.5) is 0 Å². The first-order chi connectivity index (χ1) is 20.2. The Kier molecular flexibility index (Phi) is 4.53. The molecule has 0 radical (unpaired) electrons. The minimum atomic E-state index is 0.854. The van der Waals surface area contributed by atoms with E-state index in [1.165, 1.54) is 0 Å². The minimum Gasteiger partial charge on any atom is -0.455 e. The lowest BCUT2D eigenvalue weighted by molar-refractivity contribution is 0.668. The van der Waals surface area contributed by atoms with E-state index in [2.05, 4.69) is 116 Å². The third-order valence-corrected chi connectivity index (χ3v) is 8.42. The summed E-state index contributed by atoms with van der Waals surface area (Å²) in [6.45, 7) is 2.12. The molecule has 3 nitrogen and oxygen atoms in total. The highest BCUT2D eigenvalue weighted by Gasteiger charge is 2.24. The van der Waals surface area contributed by atoms with Crippen molar-refractivity contribution in [2.75, 3.05) is 0 Å². The highest BCUT2D eigenvalue weighted by Crippen LogP contribution is 2.47. The van der Waals surface area contributed by atoms with Gasteiger partial charge in [0, 0.05) is 49.6 Å². The van der Waals surface area contributed by atoms with Gasteiger partial charge in [-0.05, 0) is 53.1 Å². The number of furan rings is 2. The van der Waals surface area contributed by atoms with Gasteiger partial charge in [0.1, 0.15) is 22.3 Å². The molecule has 0 amide bonds. The molecule has 0 aliphatic heterocycles. The Hall–Kier alpha value is -5.41. The maximum Gasteiger partial charge on any atom is 0.144 e. The van der Waals surface area contributed by atoms with E-state index in [1.54, 1.807) is 0 Å². The summed E-state index contributed by atoms with van der Waals surface area (Å²) in [6, 6.07) is 40.2. The molecule has 3 heterocycles. The standard InChI is InChI=1S/C38H23NO2/c1-22-21-39-32(25-11-3-2-4-12-25)19-30(22)35-34-29-18-16-24-10-6-8-14-27(24)37(29)40-33(34)20-31-28-17-15-23-9-5-7-13-26(23)36(28)41-38(31)35/h2-21H,1H3. The van der Waals surface area contributed by atoms with Crippen LogP contribution in [-0.2, 0) is 0 Å². The predicted molar refractivity (Wildman–Crippen MR) is 169 cm³/mol. The second-order valence-corrected chi connectivity index (χ2v) is 10.8. The molecule has 0 atom stereocenters. The lowest BCUT2D eigenvalue weighted by Gasteiger charge is -2.11. The van der Waals surface area contributed by atoms with Crippen LogP contribution in [0.3, 0.4) is 0 Å². The average Bonchev–Trinajstić information content (AvgIpc) is 3.59. The Labute approximate surface area is 235 Å². The van der Waals surface area contributed by atoms with E-state index in [0.29, 0.717) is 0 Å². The molecule has 0 fully saturated rings. The first-order valence-corrected chi connectivity index (χ1v) is 13.9. The van der Waals surface area contributed by atoms with Gasteiger partial charge in [0.25, 0.3) is 0 Å². The molecule has 9 aromatic rings. The Balaban J connectivity index is 1.49. The SMILES string of the molecule is Cc1cnc(-c2ccccc2)cc1-c1c2oc3c4ccccc4ccc3c2cc2oc3c4ccccc4ccc3c12. The number of nitrogens with zero attached hydrogens (tertiary/aromatic N) is 1. The zero-order valence-corrected chi connectivity index (χ0v) is 22.3. The van der Waals surface area contributed by atoms with E-state index in [9.17, 15) is 0 Å². The van der Waals surface area contributed by atoms with Crippen molar-refractivity contribution >= 4 is 65.4 Å². The number of aryl methyl sites for hydroxylation is 1. The third-order valence-electron chi connectivity index (χ3n) is 8.42. The number of pyridine rings is 1. The fourth-order valence-corrected chi connectivity index (χ4v) is 6.44. The van der Waals surface area contributed by atoms with E-state index < -0.39 is 0 Å². The molecule has 0 unspecified atom stereocenters. The van der Waals surface area contributed by atoms with Crippen molar-refractivity contribution in [3.63, 3.8) is 0 Å². The summed E-state index contributed by atoms with van der Waals surface area (Å²) in [6.07, 6.45) is 1.97. The van der Waals surface area contributed by atoms with E-state index >= 15 is 0 Å². The average molecular weight is 526 g/mol. The zero-order valence-electron chi connectivity index (χ0n) is 22.3. The maximum absolute atomic E-state index is 6.90. The van der Waals surface area contributed by atoms with Crippen molar-refractivity contribution in [3.05, 3.63) is 127 Å². The minimum absolute atomic E-state index is 0.854. The van der Waals surface area contributed by atoms with Crippen LogP contribution < -0.4 is 0 Å². The summed E-state index contributed by atoms with van der Waals surface area (Å²) in [4.78, 5) is 4.82. The number of benzene rings is 6. The van der Waals surface area contributed by atoms with E-state index in [4.69, 9.17) is 13.8 Å². The van der Waals surface area contributed by atoms with Gasteiger partial charge in [0.05, 0.1) is 5.69 Å². The molecule has 0 aliphatic carbocycles. The van der Waals surface area contributed by atoms with Crippen LogP contribution in [0.25, 0.3) is 87.8 Å². The molecule has 0 bridgehead atoms. The number of aromatic nitrogens is 1. The summed E-state index contributed by atoms with van der Waals surface area (Å²) >= 11 is 0. The largest absolute Gasteiger partial charge is 0.455 e. The summed E-state index contributed by atoms with van der Waals surface area (Å²) < 4.78 is 13.6. The van der Waals surface area contributed by atoms with Crippen molar-refractivity contribution in [3.8, 4) is 22.4 Å². The second kappa shape index (κ2) is 8.30. The zero-order chi connectivity index (χ0) is 27.1. The quantitative estimate of drug-likeness (QED) is 0.225. The third kappa shape index (κ3) is 3.17. The van der Waals surface area contributed by atoms with Gasteiger partial charge in [-0.2, -0.15) is 0 Å². The van der Waals surface area contributed by atoms with Crippen LogP contribution in [0.1, 0.15) is 5.56 Å². The lowest BCUT2D eigenvalue weighted by Crippen LogP contribution is -1.91. The van der Waals surface area contributed by atoms with Crippen LogP contribution in [-0.4, -0.2) is 4.98 Å². The van der Waals surface area contributed by atoms with Crippen LogP contribution >= 0.6 is 0 Å². The highest BCUT2D eigenvalue weighted by atomic mass is 16.3. The Morgan fingerprint density at radius 3 is 1.95 bits per heavy atom. The van der Waals surface area contributed by atoms with Gasteiger partial charge in [0.15, 0.2) is 0 Å². The van der Waals surface area contributed by atoms with Crippen molar-refractivity contribution in [2.24, 2.45) is 0 Å². The molecule has 6 aromatic carbocycles. The number of fused-ring (bicyclic) bond motifs is 10. The van der Waals surface area contributed by atoms with Crippen molar-refractivity contribution in [1.82, 2.24) is 4.98 Å². The van der Waals surface area contributed by atoms with Crippen LogP contribution in [0.5, 0.6) is 0 Å². The molecular weight excluding hydrogens is 502 g/mol. The Morgan fingerprint density at radius 1 is 0.537 bits per heavy atom. The van der Waals surface area contributed by atoms with Crippen LogP contribution in [0, 0.1) is 6.92 Å². The number of hydrogen-bond donors (Lipinski definition) is 0. The number of hydrogen-bond acceptors (Lipinski definition) is 3. The van der Waals surface area contributed by atoms with E-state index in [1.807, 2.05) is 12.3 Å². The molecule has 0 saturated heterocycles. The van der Waals surface area contributed by atoms with Gasteiger partial charge in [-0.3, -0.25) is 4.98 Å². The van der Waals surface area contributed by atoms with Crippen LogP contribution in [0.15, 0.2) is 130 Å². The van der Waals surface area contributed by atoms with Gasteiger partial charge in [-0.25, -0.2) is 0 Å². The molecule has 0 aliphatic rings. The van der Waals surface area contributed by atoms with Crippen molar-refractivity contribution in [1.29, 1.82) is 0 Å². The summed E-state index contributed by atoms with van der Waals surface area (Å²) in [7, 11) is 0. The summed E-state index contributed by atoms with van der Waals surface area (Å²) in [5, 5.41) is 8.82. The molecule has 9 rings (SSSR count). The van der Waals surface area contributed by atoms with Gasteiger partial charge in [-0.1, -0.05) is 91.0 Å². The fourth-order valence-electron chi connectivity index (χ4n) is 6.44. The Morgan fingerprint density at radius 2 is 1.20 bits per heavy atom. The highest BCUT2D eigenvalue weighted by molar-refractivity contribution is 6.27. The topological polar surface area (TPSA) is 39.2 Å². The molecule has 0 saturated carbocycles. The lowest BCUT2D eigenvalue weighted by atomic mass is 9.93. The monoisotopic (exact) mass is 525 g/mol. The second-order valence-electron chi connectivity index (χ2n) is 10.8. The van der Waals surface area contributed by atoms with Gasteiger partial charge in [-0.15, -0.1) is 0 Å². The van der Waals surface area contributed by atoms with E-state index in [0.717, 1.165) is 93.4 Å². The Bertz CT molecular complexity index is 2440. The van der Waals surface area contributed by atoms with Gasteiger partial charge < -0.3 is 8.83 Å². The normalized spacial score (nSPS) is 12.0. The van der Waals surface area contributed by atoms with Crippen LogP contribution in [0.2, 0.25) is 0 Å². The molecule has 3 heteroatoms. The first kappa shape index (κ1) is 22.4.